The van der Waals surface area contributed by atoms with Gasteiger partial charge >= 0.3 is 0 Å². The van der Waals surface area contributed by atoms with Crippen LogP contribution < -0.4 is 5.43 Å². The van der Waals surface area contributed by atoms with Gasteiger partial charge in [0.2, 0.25) is 0 Å². The van der Waals surface area contributed by atoms with Crippen LogP contribution in [-0.4, -0.2) is 21.1 Å². The molecule has 0 aliphatic carbocycles. The third-order valence-electron chi connectivity index (χ3n) is 2.93. The number of carbonyl (C=O) groups is 2. The van der Waals surface area contributed by atoms with E-state index in [-0.39, 0.29) is 4.32 Å². The number of rotatable bonds is 3. The van der Waals surface area contributed by atoms with E-state index in [9.17, 15) is 9.59 Å². The highest BCUT2D eigenvalue weighted by molar-refractivity contribution is 8.26. The molecular formula is C15H9ClN2O3S2. The first-order chi connectivity index (χ1) is 11.0. The molecule has 1 N–H and O–H groups in total. The molecule has 23 heavy (non-hydrogen) atoms. The Bertz CT molecular complexity index is 801. The van der Waals surface area contributed by atoms with Gasteiger partial charge in [-0.3, -0.25) is 15.0 Å². The highest BCUT2D eigenvalue weighted by Crippen LogP contribution is 2.31. The van der Waals surface area contributed by atoms with Crippen molar-refractivity contribution in [3.05, 3.63) is 63.9 Å². The highest BCUT2D eigenvalue weighted by Gasteiger charge is 2.34. The van der Waals surface area contributed by atoms with Crippen molar-refractivity contribution >= 4 is 57.8 Å². The van der Waals surface area contributed by atoms with Crippen molar-refractivity contribution in [2.24, 2.45) is 0 Å². The molecule has 0 radical (unpaired) electrons. The minimum atomic E-state index is -0.447. The number of nitrogens with zero attached hydrogens (tertiary/aromatic N) is 1. The second-order valence-corrected chi connectivity index (χ2v) is 6.59. The Kier molecular flexibility index (Phi) is 4.51. The quantitative estimate of drug-likeness (QED) is 0.667. The SMILES string of the molecule is O=C(NN1C(=O)/C(=C\c2ccco2)SC1=S)c1ccc(Cl)cc1. The standard InChI is InChI=1S/C15H9ClN2O3S2/c16-10-5-3-9(4-6-10)13(19)17-18-14(20)12(23-15(18)22)8-11-2-1-7-21-11/h1-8H,(H,17,19)/b12-8+. The summed E-state index contributed by atoms with van der Waals surface area (Å²) in [5, 5.41) is 1.57. The molecular weight excluding hydrogens is 356 g/mol. The molecule has 2 amide bonds. The van der Waals surface area contributed by atoms with E-state index in [0.29, 0.717) is 21.3 Å². The first-order valence-corrected chi connectivity index (χ1v) is 8.03. The van der Waals surface area contributed by atoms with Gasteiger partial charge in [-0.25, -0.2) is 0 Å². The summed E-state index contributed by atoms with van der Waals surface area (Å²) in [6.07, 6.45) is 3.09. The zero-order chi connectivity index (χ0) is 16.4. The maximum Gasteiger partial charge on any atom is 0.285 e. The minimum absolute atomic E-state index is 0.245. The van der Waals surface area contributed by atoms with Gasteiger partial charge in [0.15, 0.2) is 4.32 Å². The number of carbonyl (C=O) groups excluding carboxylic acids is 2. The summed E-state index contributed by atoms with van der Waals surface area (Å²) in [5.41, 5.74) is 2.87. The number of amides is 2. The monoisotopic (exact) mass is 364 g/mol. The lowest BCUT2D eigenvalue weighted by atomic mass is 10.2. The van der Waals surface area contributed by atoms with Crippen molar-refractivity contribution in [3.8, 4) is 0 Å². The van der Waals surface area contributed by atoms with Crippen LogP contribution in [0.15, 0.2) is 52.0 Å². The van der Waals surface area contributed by atoms with E-state index >= 15 is 0 Å². The first kappa shape index (κ1) is 15.8. The summed E-state index contributed by atoms with van der Waals surface area (Å²) < 4.78 is 5.42. The van der Waals surface area contributed by atoms with Crippen molar-refractivity contribution in [1.29, 1.82) is 0 Å². The Labute approximate surface area is 146 Å². The molecule has 2 heterocycles. The summed E-state index contributed by atoms with van der Waals surface area (Å²) in [7, 11) is 0. The van der Waals surface area contributed by atoms with Crippen molar-refractivity contribution < 1.29 is 14.0 Å². The Morgan fingerprint density at radius 2 is 2.04 bits per heavy atom. The van der Waals surface area contributed by atoms with Crippen LogP contribution >= 0.6 is 35.6 Å². The van der Waals surface area contributed by atoms with Crippen molar-refractivity contribution in [1.82, 2.24) is 10.4 Å². The maximum atomic E-state index is 12.3. The topological polar surface area (TPSA) is 62.6 Å². The zero-order valence-corrected chi connectivity index (χ0v) is 13.9. The van der Waals surface area contributed by atoms with E-state index in [1.54, 1.807) is 42.5 Å². The van der Waals surface area contributed by atoms with Crippen LogP contribution in [0.3, 0.4) is 0 Å². The molecule has 5 nitrogen and oxygen atoms in total. The number of nitrogens with one attached hydrogen (secondary N) is 1. The number of halogens is 1. The van der Waals surface area contributed by atoms with Crippen molar-refractivity contribution in [3.63, 3.8) is 0 Å². The van der Waals surface area contributed by atoms with Crippen molar-refractivity contribution in [2.75, 3.05) is 0 Å². The molecule has 1 aliphatic rings. The fraction of sp³-hybridized carbons (Fsp3) is 0. The predicted molar refractivity (Wildman–Crippen MR) is 92.6 cm³/mol. The van der Waals surface area contributed by atoms with Crippen LogP contribution in [0.1, 0.15) is 16.1 Å². The van der Waals surface area contributed by atoms with Crippen LogP contribution in [-0.2, 0) is 4.79 Å². The average Bonchev–Trinajstić information content (AvgIpc) is 3.12. The molecule has 1 aliphatic heterocycles. The van der Waals surface area contributed by atoms with Gasteiger partial charge < -0.3 is 4.42 Å². The molecule has 0 saturated carbocycles. The number of hydrogen-bond acceptors (Lipinski definition) is 5. The van der Waals surface area contributed by atoms with Gasteiger partial charge in [-0.05, 0) is 48.6 Å². The van der Waals surface area contributed by atoms with Crippen LogP contribution in [0.2, 0.25) is 5.02 Å². The van der Waals surface area contributed by atoms with E-state index in [0.717, 1.165) is 16.8 Å². The van der Waals surface area contributed by atoms with Crippen LogP contribution in [0.25, 0.3) is 6.08 Å². The maximum absolute atomic E-state index is 12.3. The third-order valence-corrected chi connectivity index (χ3v) is 4.48. The Morgan fingerprint density at radius 3 is 2.70 bits per heavy atom. The largest absolute Gasteiger partial charge is 0.465 e. The number of furan rings is 1. The third kappa shape index (κ3) is 3.47. The molecule has 116 valence electrons. The van der Waals surface area contributed by atoms with Gasteiger partial charge in [0, 0.05) is 16.7 Å². The summed E-state index contributed by atoms with van der Waals surface area (Å²) in [4.78, 5) is 24.9. The van der Waals surface area contributed by atoms with Crippen LogP contribution in [0.5, 0.6) is 0 Å². The number of benzene rings is 1. The molecule has 1 aromatic carbocycles. The molecule has 0 bridgehead atoms. The first-order valence-electron chi connectivity index (χ1n) is 6.42. The molecule has 2 aromatic rings. The zero-order valence-electron chi connectivity index (χ0n) is 11.5. The lowest BCUT2D eigenvalue weighted by Gasteiger charge is -2.15. The molecule has 0 unspecified atom stereocenters. The fourth-order valence-corrected chi connectivity index (χ4v) is 3.12. The smallest absolute Gasteiger partial charge is 0.285 e. The molecule has 1 fully saturated rings. The van der Waals surface area contributed by atoms with Gasteiger partial charge in [0.25, 0.3) is 11.8 Å². The van der Waals surface area contributed by atoms with Gasteiger partial charge in [-0.1, -0.05) is 23.4 Å². The second-order valence-electron chi connectivity index (χ2n) is 4.48. The molecule has 8 heteroatoms. The van der Waals surface area contributed by atoms with E-state index in [1.807, 2.05) is 0 Å². The molecule has 0 spiro atoms. The average molecular weight is 365 g/mol. The Morgan fingerprint density at radius 1 is 1.30 bits per heavy atom. The lowest BCUT2D eigenvalue weighted by molar-refractivity contribution is -0.123. The van der Waals surface area contributed by atoms with E-state index in [2.05, 4.69) is 5.43 Å². The summed E-state index contributed by atoms with van der Waals surface area (Å²) in [5.74, 6) is -0.314. The second kappa shape index (κ2) is 6.57. The van der Waals surface area contributed by atoms with Crippen molar-refractivity contribution in [2.45, 2.75) is 0 Å². The lowest BCUT2D eigenvalue weighted by Crippen LogP contribution is -2.44. The molecule has 3 rings (SSSR count). The van der Waals surface area contributed by atoms with Crippen LogP contribution in [0.4, 0.5) is 0 Å². The van der Waals surface area contributed by atoms with Gasteiger partial charge in [0.1, 0.15) is 5.76 Å². The fourth-order valence-electron chi connectivity index (χ4n) is 1.83. The Balaban J connectivity index is 1.75. The molecule has 1 saturated heterocycles. The van der Waals surface area contributed by atoms with E-state index in [4.69, 9.17) is 28.2 Å². The van der Waals surface area contributed by atoms with E-state index in [1.165, 1.54) is 6.26 Å². The number of hydrogen-bond donors (Lipinski definition) is 1. The van der Waals surface area contributed by atoms with Gasteiger partial charge in [-0.2, -0.15) is 5.01 Å². The molecule has 1 aromatic heterocycles. The summed E-state index contributed by atoms with van der Waals surface area (Å²) in [6.45, 7) is 0. The Hall–Kier alpha value is -2.09. The number of thiocarbonyl (C=S) groups is 1. The summed E-state index contributed by atoms with van der Waals surface area (Å²) in [6, 6.07) is 9.75. The van der Waals surface area contributed by atoms with Gasteiger partial charge in [-0.15, -0.1) is 0 Å². The number of thioether (sulfide) groups is 1. The van der Waals surface area contributed by atoms with Crippen LogP contribution in [0, 0.1) is 0 Å². The highest BCUT2D eigenvalue weighted by atomic mass is 35.5. The predicted octanol–water partition coefficient (Wildman–Crippen LogP) is 3.48. The number of hydrazine groups is 1. The minimum Gasteiger partial charge on any atom is -0.465 e. The van der Waals surface area contributed by atoms with Gasteiger partial charge in [0.05, 0.1) is 11.2 Å². The van der Waals surface area contributed by atoms with E-state index < -0.39 is 11.8 Å². The summed E-state index contributed by atoms with van der Waals surface area (Å²) >= 11 is 12.0. The normalized spacial score (nSPS) is 16.2. The molecule has 0 atom stereocenters.